The van der Waals surface area contributed by atoms with E-state index in [2.05, 4.69) is 5.32 Å². The SMILES string of the molecule is CCCC[C@H](NC(=O)CCCOC)C(=O)O. The van der Waals surface area contributed by atoms with Crippen LogP contribution < -0.4 is 5.32 Å². The third kappa shape index (κ3) is 7.23. The van der Waals surface area contributed by atoms with Crippen molar-refractivity contribution in [2.24, 2.45) is 0 Å². The van der Waals surface area contributed by atoms with Crippen LogP contribution in [0.15, 0.2) is 0 Å². The van der Waals surface area contributed by atoms with Gasteiger partial charge in [0, 0.05) is 20.1 Å². The standard InChI is InChI=1S/C11H21NO4/c1-3-4-6-9(11(14)15)12-10(13)7-5-8-16-2/h9H,3-8H2,1-2H3,(H,12,13)(H,14,15)/t9-/m0/s1. The van der Waals surface area contributed by atoms with Gasteiger partial charge in [0.1, 0.15) is 6.04 Å². The average molecular weight is 231 g/mol. The topological polar surface area (TPSA) is 75.6 Å². The van der Waals surface area contributed by atoms with Gasteiger partial charge >= 0.3 is 5.97 Å². The first-order valence-electron chi connectivity index (χ1n) is 5.63. The van der Waals surface area contributed by atoms with E-state index < -0.39 is 12.0 Å². The lowest BCUT2D eigenvalue weighted by atomic mass is 10.1. The smallest absolute Gasteiger partial charge is 0.326 e. The number of aliphatic carboxylic acids is 1. The highest BCUT2D eigenvalue weighted by Gasteiger charge is 2.18. The van der Waals surface area contributed by atoms with Gasteiger partial charge in [-0.3, -0.25) is 4.79 Å². The van der Waals surface area contributed by atoms with E-state index >= 15 is 0 Å². The van der Waals surface area contributed by atoms with Gasteiger partial charge in [0.05, 0.1) is 0 Å². The lowest BCUT2D eigenvalue weighted by Crippen LogP contribution is -2.40. The molecule has 0 spiro atoms. The number of hydrogen-bond donors (Lipinski definition) is 2. The van der Waals surface area contributed by atoms with Gasteiger partial charge in [0.15, 0.2) is 0 Å². The fraction of sp³-hybridized carbons (Fsp3) is 0.818. The van der Waals surface area contributed by atoms with Crippen molar-refractivity contribution in [2.45, 2.75) is 45.1 Å². The molecule has 1 atom stereocenters. The van der Waals surface area contributed by atoms with Crippen LogP contribution in [0.5, 0.6) is 0 Å². The molecule has 0 heterocycles. The maximum Gasteiger partial charge on any atom is 0.326 e. The molecular weight excluding hydrogens is 210 g/mol. The van der Waals surface area contributed by atoms with E-state index in [1.165, 1.54) is 0 Å². The van der Waals surface area contributed by atoms with E-state index in [1.807, 2.05) is 6.92 Å². The first-order valence-corrected chi connectivity index (χ1v) is 5.63. The largest absolute Gasteiger partial charge is 0.480 e. The van der Waals surface area contributed by atoms with Crippen LogP contribution in [0.2, 0.25) is 0 Å². The monoisotopic (exact) mass is 231 g/mol. The summed E-state index contributed by atoms with van der Waals surface area (Å²) in [5, 5.41) is 11.4. The quantitative estimate of drug-likeness (QED) is 0.584. The van der Waals surface area contributed by atoms with Crippen LogP contribution in [0.1, 0.15) is 39.0 Å². The molecule has 0 fully saturated rings. The first kappa shape index (κ1) is 14.9. The highest BCUT2D eigenvalue weighted by molar-refractivity contribution is 5.83. The summed E-state index contributed by atoms with van der Waals surface area (Å²) >= 11 is 0. The van der Waals surface area contributed by atoms with Gasteiger partial charge in [-0.25, -0.2) is 4.79 Å². The summed E-state index contributed by atoms with van der Waals surface area (Å²) in [6, 6.07) is -0.755. The summed E-state index contributed by atoms with van der Waals surface area (Å²) in [7, 11) is 1.57. The molecule has 16 heavy (non-hydrogen) atoms. The minimum absolute atomic E-state index is 0.222. The summed E-state index contributed by atoms with van der Waals surface area (Å²) in [6.07, 6.45) is 3.13. The Balaban J connectivity index is 3.88. The van der Waals surface area contributed by atoms with E-state index in [0.717, 1.165) is 12.8 Å². The number of amides is 1. The maximum absolute atomic E-state index is 11.4. The van der Waals surface area contributed by atoms with Gasteiger partial charge in [0.2, 0.25) is 5.91 Å². The first-order chi connectivity index (χ1) is 7.61. The van der Waals surface area contributed by atoms with Crippen molar-refractivity contribution in [1.82, 2.24) is 5.32 Å². The molecule has 0 saturated carbocycles. The number of nitrogens with one attached hydrogen (secondary N) is 1. The lowest BCUT2D eigenvalue weighted by Gasteiger charge is -2.13. The van der Waals surface area contributed by atoms with Crippen molar-refractivity contribution < 1.29 is 19.4 Å². The lowest BCUT2D eigenvalue weighted by molar-refractivity contribution is -0.142. The number of unbranched alkanes of at least 4 members (excludes halogenated alkanes) is 1. The molecule has 2 N–H and O–H groups in total. The fourth-order valence-electron chi connectivity index (χ4n) is 1.31. The molecular formula is C11H21NO4. The van der Waals surface area contributed by atoms with Gasteiger partial charge in [0.25, 0.3) is 0 Å². The molecule has 0 aliphatic rings. The van der Waals surface area contributed by atoms with Crippen molar-refractivity contribution in [3.8, 4) is 0 Å². The number of carbonyl (C=O) groups is 2. The maximum atomic E-state index is 11.4. The number of ether oxygens (including phenoxy) is 1. The molecule has 94 valence electrons. The second-order valence-electron chi connectivity index (χ2n) is 3.70. The van der Waals surface area contributed by atoms with E-state index in [9.17, 15) is 9.59 Å². The van der Waals surface area contributed by atoms with Crippen LogP contribution in [0, 0.1) is 0 Å². The van der Waals surface area contributed by atoms with Crippen molar-refractivity contribution >= 4 is 11.9 Å². The molecule has 0 aromatic rings. The Morgan fingerprint density at radius 3 is 2.56 bits per heavy atom. The third-order valence-electron chi connectivity index (χ3n) is 2.23. The van der Waals surface area contributed by atoms with Crippen LogP contribution in [-0.4, -0.2) is 36.7 Å². The van der Waals surface area contributed by atoms with Crippen molar-refractivity contribution in [1.29, 1.82) is 0 Å². The molecule has 0 aliphatic heterocycles. The van der Waals surface area contributed by atoms with Gasteiger partial charge in [-0.2, -0.15) is 0 Å². The van der Waals surface area contributed by atoms with Crippen LogP contribution >= 0.6 is 0 Å². The summed E-state index contributed by atoms with van der Waals surface area (Å²) in [6.45, 7) is 2.50. The van der Waals surface area contributed by atoms with E-state index in [-0.39, 0.29) is 5.91 Å². The van der Waals surface area contributed by atoms with Crippen LogP contribution in [-0.2, 0) is 14.3 Å². The molecule has 5 nitrogen and oxygen atoms in total. The van der Waals surface area contributed by atoms with Crippen LogP contribution in [0.3, 0.4) is 0 Å². The van der Waals surface area contributed by atoms with E-state index in [0.29, 0.717) is 25.9 Å². The Bertz CT molecular complexity index is 218. The molecule has 0 radical (unpaired) electrons. The van der Waals surface area contributed by atoms with Gasteiger partial charge in [-0.05, 0) is 12.8 Å². The number of rotatable bonds is 9. The van der Waals surface area contributed by atoms with Crippen molar-refractivity contribution in [3.05, 3.63) is 0 Å². The minimum Gasteiger partial charge on any atom is -0.480 e. The van der Waals surface area contributed by atoms with E-state index in [4.69, 9.17) is 9.84 Å². The highest BCUT2D eigenvalue weighted by atomic mass is 16.5. The average Bonchev–Trinajstić information content (AvgIpc) is 2.24. The molecule has 0 rings (SSSR count). The number of carboxylic acids is 1. The molecule has 5 heteroatoms. The van der Waals surface area contributed by atoms with Crippen LogP contribution in [0.25, 0.3) is 0 Å². The number of methoxy groups -OCH3 is 1. The number of hydrogen-bond acceptors (Lipinski definition) is 3. The summed E-state index contributed by atoms with van der Waals surface area (Å²) in [4.78, 5) is 22.2. The molecule has 0 aromatic carbocycles. The Kier molecular flexibility index (Phi) is 8.52. The Morgan fingerprint density at radius 2 is 2.06 bits per heavy atom. The number of carbonyl (C=O) groups excluding carboxylic acids is 1. The van der Waals surface area contributed by atoms with Gasteiger partial charge in [-0.15, -0.1) is 0 Å². The fourth-order valence-corrected chi connectivity index (χ4v) is 1.31. The van der Waals surface area contributed by atoms with E-state index in [1.54, 1.807) is 7.11 Å². The molecule has 0 aromatic heterocycles. The van der Waals surface area contributed by atoms with Gasteiger partial charge < -0.3 is 15.2 Å². The molecule has 0 saturated heterocycles. The van der Waals surface area contributed by atoms with Gasteiger partial charge in [-0.1, -0.05) is 19.8 Å². The van der Waals surface area contributed by atoms with Crippen LogP contribution in [0.4, 0.5) is 0 Å². The summed E-state index contributed by atoms with van der Waals surface area (Å²) < 4.78 is 4.81. The Labute approximate surface area is 96.2 Å². The normalized spacial score (nSPS) is 12.1. The summed E-state index contributed by atoms with van der Waals surface area (Å²) in [5.41, 5.74) is 0. The molecule has 0 bridgehead atoms. The predicted octanol–water partition coefficient (Wildman–Crippen LogP) is 1.17. The zero-order valence-corrected chi connectivity index (χ0v) is 9.99. The Morgan fingerprint density at radius 1 is 1.38 bits per heavy atom. The highest BCUT2D eigenvalue weighted by Crippen LogP contribution is 2.02. The molecule has 0 unspecified atom stereocenters. The zero-order valence-electron chi connectivity index (χ0n) is 9.99. The Hall–Kier alpha value is -1.10. The molecule has 1 amide bonds. The zero-order chi connectivity index (χ0) is 12.4. The van der Waals surface area contributed by atoms with Crippen molar-refractivity contribution in [2.75, 3.05) is 13.7 Å². The predicted molar refractivity (Wildman–Crippen MR) is 60.2 cm³/mol. The number of carboxylic acid groups (broad SMARTS) is 1. The second-order valence-corrected chi connectivity index (χ2v) is 3.70. The second kappa shape index (κ2) is 9.15. The minimum atomic E-state index is -0.964. The summed E-state index contributed by atoms with van der Waals surface area (Å²) in [5.74, 6) is -1.19. The molecule has 0 aliphatic carbocycles. The third-order valence-corrected chi connectivity index (χ3v) is 2.23. The van der Waals surface area contributed by atoms with Crippen molar-refractivity contribution in [3.63, 3.8) is 0 Å².